The molecule has 0 aliphatic heterocycles. The Balaban J connectivity index is 1.93. The van der Waals surface area contributed by atoms with Gasteiger partial charge in [-0.2, -0.15) is 5.10 Å². The van der Waals surface area contributed by atoms with Gasteiger partial charge < -0.3 is 5.32 Å². The fraction of sp³-hybridized carbons (Fsp3) is 0.412. The quantitative estimate of drug-likeness (QED) is 0.847. The van der Waals surface area contributed by atoms with E-state index in [-0.39, 0.29) is 5.91 Å². The van der Waals surface area contributed by atoms with E-state index >= 15 is 0 Å². The molecule has 4 nitrogen and oxygen atoms in total. The highest BCUT2D eigenvalue weighted by molar-refractivity contribution is 6.30. The number of hydrogen-bond donors (Lipinski definition) is 2. The minimum atomic E-state index is 0.0357. The maximum atomic E-state index is 12.2. The number of H-pyrrole nitrogens is 1. The Morgan fingerprint density at radius 2 is 2.05 bits per heavy atom. The van der Waals surface area contributed by atoms with Gasteiger partial charge in [0.25, 0.3) is 0 Å². The number of nitrogens with zero attached hydrogens (tertiary/aromatic N) is 1. The second kappa shape index (κ2) is 6.13. The van der Waals surface area contributed by atoms with Gasteiger partial charge in [-0.1, -0.05) is 37.6 Å². The number of rotatable bonds is 5. The molecule has 0 atom stereocenters. The van der Waals surface area contributed by atoms with Crippen molar-refractivity contribution in [3.8, 4) is 11.3 Å². The van der Waals surface area contributed by atoms with E-state index in [4.69, 9.17) is 11.6 Å². The van der Waals surface area contributed by atoms with Crippen molar-refractivity contribution >= 4 is 23.2 Å². The lowest BCUT2D eigenvalue weighted by Crippen LogP contribution is -2.15. The minimum Gasteiger partial charge on any atom is -0.323 e. The number of aromatic nitrogens is 2. The van der Waals surface area contributed by atoms with Gasteiger partial charge in [0.2, 0.25) is 5.91 Å². The van der Waals surface area contributed by atoms with Crippen molar-refractivity contribution in [3.63, 3.8) is 0 Å². The van der Waals surface area contributed by atoms with Crippen molar-refractivity contribution < 1.29 is 4.79 Å². The zero-order valence-electron chi connectivity index (χ0n) is 12.8. The first-order valence-electron chi connectivity index (χ1n) is 7.68. The highest BCUT2D eigenvalue weighted by Gasteiger charge is 2.30. The summed E-state index contributed by atoms with van der Waals surface area (Å²) in [5.41, 5.74) is 3.61. The monoisotopic (exact) mass is 317 g/mol. The van der Waals surface area contributed by atoms with Crippen LogP contribution in [0.1, 0.15) is 44.7 Å². The summed E-state index contributed by atoms with van der Waals surface area (Å²) in [6.45, 7) is 4.08. The normalized spacial score (nSPS) is 14.4. The van der Waals surface area contributed by atoms with Crippen molar-refractivity contribution in [3.05, 3.63) is 35.0 Å². The fourth-order valence-electron chi connectivity index (χ4n) is 2.53. The Morgan fingerprint density at radius 1 is 1.36 bits per heavy atom. The molecule has 5 heteroatoms. The number of halogens is 1. The summed E-state index contributed by atoms with van der Waals surface area (Å²) in [4.78, 5) is 12.2. The van der Waals surface area contributed by atoms with Crippen LogP contribution < -0.4 is 5.32 Å². The zero-order valence-corrected chi connectivity index (χ0v) is 13.6. The van der Waals surface area contributed by atoms with E-state index in [1.54, 1.807) is 0 Å². The molecule has 22 heavy (non-hydrogen) atoms. The molecule has 2 aromatic rings. The highest BCUT2D eigenvalue weighted by Crippen LogP contribution is 2.45. The van der Waals surface area contributed by atoms with Crippen molar-refractivity contribution in [1.29, 1.82) is 0 Å². The molecule has 1 aromatic carbocycles. The summed E-state index contributed by atoms with van der Waals surface area (Å²) in [6, 6.07) is 7.52. The van der Waals surface area contributed by atoms with Crippen LogP contribution in [0.4, 0.5) is 5.69 Å². The molecule has 1 fully saturated rings. The molecule has 1 aliphatic rings. The maximum absolute atomic E-state index is 12.2. The molecule has 1 heterocycles. The second-order valence-electron chi connectivity index (χ2n) is 6.29. The number of nitrogens with one attached hydrogen (secondary N) is 2. The van der Waals surface area contributed by atoms with Gasteiger partial charge in [0.1, 0.15) is 5.69 Å². The Labute approximate surface area is 135 Å². The molecule has 0 saturated heterocycles. The van der Waals surface area contributed by atoms with Gasteiger partial charge in [0.05, 0.1) is 11.4 Å². The van der Waals surface area contributed by atoms with Gasteiger partial charge in [-0.15, -0.1) is 0 Å². The molecule has 1 aliphatic carbocycles. The van der Waals surface area contributed by atoms with Crippen LogP contribution >= 0.6 is 11.6 Å². The third-order valence-electron chi connectivity index (χ3n) is 3.76. The predicted octanol–water partition coefficient (Wildman–Crippen LogP) is 4.59. The van der Waals surface area contributed by atoms with E-state index < -0.39 is 0 Å². The first-order chi connectivity index (χ1) is 10.5. The molecular formula is C17H20ClN3O. The summed E-state index contributed by atoms with van der Waals surface area (Å²) in [5, 5.41) is 11.3. The Hall–Kier alpha value is -1.81. The lowest BCUT2D eigenvalue weighted by Gasteiger charge is -2.10. The molecule has 3 rings (SSSR count). The Kier molecular flexibility index (Phi) is 4.21. The molecular weight excluding hydrogens is 298 g/mol. The molecule has 1 amide bonds. The van der Waals surface area contributed by atoms with Gasteiger partial charge in [-0.05, 0) is 30.9 Å². The molecule has 2 N–H and O–H groups in total. The lowest BCUT2D eigenvalue weighted by molar-refractivity contribution is -0.116. The highest BCUT2D eigenvalue weighted by atomic mass is 35.5. The smallest absolute Gasteiger partial charge is 0.224 e. The summed E-state index contributed by atoms with van der Waals surface area (Å²) in [7, 11) is 0. The lowest BCUT2D eigenvalue weighted by atomic mass is 10.1. The third kappa shape index (κ3) is 3.33. The molecule has 0 bridgehead atoms. The Bertz CT molecular complexity index is 672. The molecule has 1 saturated carbocycles. The number of aromatic amines is 1. The van der Waals surface area contributed by atoms with Crippen LogP contribution in [0.15, 0.2) is 24.3 Å². The summed E-state index contributed by atoms with van der Waals surface area (Å²) < 4.78 is 0. The van der Waals surface area contributed by atoms with E-state index in [1.807, 2.05) is 38.1 Å². The van der Waals surface area contributed by atoms with E-state index in [2.05, 4.69) is 15.5 Å². The predicted molar refractivity (Wildman–Crippen MR) is 89.1 cm³/mol. The average molecular weight is 318 g/mol. The molecule has 0 spiro atoms. The number of hydrogen-bond acceptors (Lipinski definition) is 2. The van der Waals surface area contributed by atoms with Crippen molar-refractivity contribution in [2.45, 2.75) is 39.0 Å². The van der Waals surface area contributed by atoms with Crippen LogP contribution in [-0.2, 0) is 4.79 Å². The van der Waals surface area contributed by atoms with Gasteiger partial charge in [0, 0.05) is 22.9 Å². The number of amides is 1. The first-order valence-corrected chi connectivity index (χ1v) is 8.06. The number of carbonyl (C=O) groups is 1. The second-order valence-corrected chi connectivity index (χ2v) is 6.72. The van der Waals surface area contributed by atoms with Crippen LogP contribution in [0.3, 0.4) is 0 Å². The van der Waals surface area contributed by atoms with Gasteiger partial charge in [-0.25, -0.2) is 0 Å². The van der Waals surface area contributed by atoms with Gasteiger partial charge in [0.15, 0.2) is 0 Å². The third-order valence-corrected chi connectivity index (χ3v) is 4.01. The number of carbonyl (C=O) groups excluding carboxylic acids is 1. The fourth-order valence-corrected chi connectivity index (χ4v) is 2.65. The summed E-state index contributed by atoms with van der Waals surface area (Å²) in [5.74, 6) is 0.853. The Morgan fingerprint density at radius 3 is 2.64 bits per heavy atom. The van der Waals surface area contributed by atoms with E-state index in [0.29, 0.717) is 23.3 Å². The van der Waals surface area contributed by atoms with Crippen LogP contribution in [0.25, 0.3) is 11.3 Å². The number of benzene rings is 1. The van der Waals surface area contributed by atoms with Gasteiger partial charge in [-0.3, -0.25) is 9.89 Å². The van der Waals surface area contributed by atoms with Crippen LogP contribution in [0.2, 0.25) is 5.02 Å². The van der Waals surface area contributed by atoms with Crippen molar-refractivity contribution in [1.82, 2.24) is 10.2 Å². The zero-order chi connectivity index (χ0) is 15.7. The molecule has 0 radical (unpaired) electrons. The topological polar surface area (TPSA) is 57.8 Å². The van der Waals surface area contributed by atoms with Gasteiger partial charge >= 0.3 is 0 Å². The van der Waals surface area contributed by atoms with E-state index in [9.17, 15) is 4.79 Å². The standard InChI is InChI=1S/C17H20ClN3O/c1-10(2)9-14(22)19-17-15(11-3-4-11)20-21-16(17)12-5-7-13(18)8-6-12/h5-8,10-11H,3-4,9H2,1-2H3,(H,19,22)(H,20,21). The summed E-state index contributed by atoms with van der Waals surface area (Å²) in [6.07, 6.45) is 2.81. The average Bonchev–Trinajstić information content (AvgIpc) is 3.21. The molecule has 1 aromatic heterocycles. The summed E-state index contributed by atoms with van der Waals surface area (Å²) >= 11 is 5.95. The van der Waals surface area contributed by atoms with E-state index in [0.717, 1.165) is 35.5 Å². The van der Waals surface area contributed by atoms with Crippen LogP contribution in [-0.4, -0.2) is 16.1 Å². The molecule has 116 valence electrons. The van der Waals surface area contributed by atoms with E-state index in [1.165, 1.54) is 0 Å². The molecule has 0 unspecified atom stereocenters. The minimum absolute atomic E-state index is 0.0357. The van der Waals surface area contributed by atoms with Crippen LogP contribution in [0.5, 0.6) is 0 Å². The van der Waals surface area contributed by atoms with Crippen LogP contribution in [0, 0.1) is 5.92 Å². The first kappa shape index (κ1) is 15.1. The van der Waals surface area contributed by atoms with Crippen molar-refractivity contribution in [2.75, 3.05) is 5.32 Å². The largest absolute Gasteiger partial charge is 0.323 e. The maximum Gasteiger partial charge on any atom is 0.224 e. The number of anilines is 1. The van der Waals surface area contributed by atoms with Crippen molar-refractivity contribution in [2.24, 2.45) is 5.92 Å². The SMILES string of the molecule is CC(C)CC(=O)Nc1c(-c2ccc(Cl)cc2)n[nH]c1C1CC1.